The fourth-order valence-electron chi connectivity index (χ4n) is 3.44. The van der Waals surface area contributed by atoms with E-state index in [1.165, 1.54) is 22.2 Å². The summed E-state index contributed by atoms with van der Waals surface area (Å²) < 4.78 is 5.33. The van der Waals surface area contributed by atoms with Crippen molar-refractivity contribution in [1.82, 2.24) is 15.6 Å². The number of aryl methyl sites for hydroxylation is 1. The first-order valence-corrected chi connectivity index (χ1v) is 9.50. The minimum Gasteiger partial charge on any atom is -0.388 e. The molecule has 0 radical (unpaired) electrons. The molecule has 6 nitrogen and oxygen atoms in total. The van der Waals surface area contributed by atoms with Gasteiger partial charge < -0.3 is 25.5 Å². The van der Waals surface area contributed by atoms with Gasteiger partial charge in [-0.2, -0.15) is 0 Å². The van der Waals surface area contributed by atoms with E-state index >= 15 is 0 Å². The zero-order valence-corrected chi connectivity index (χ0v) is 18.5. The molecule has 3 rings (SSSR count). The van der Waals surface area contributed by atoms with E-state index in [1.807, 2.05) is 6.92 Å². The quantitative estimate of drug-likeness (QED) is 0.288. The van der Waals surface area contributed by atoms with Gasteiger partial charge in [0.2, 0.25) is 0 Å². The highest BCUT2D eigenvalue weighted by atomic mass is 127. The fraction of sp³-hybridized carbons (Fsp3) is 0.550. The highest BCUT2D eigenvalue weighted by Crippen LogP contribution is 2.22. The van der Waals surface area contributed by atoms with Gasteiger partial charge in [0, 0.05) is 55.7 Å². The number of benzene rings is 1. The van der Waals surface area contributed by atoms with Crippen molar-refractivity contribution in [2.45, 2.75) is 38.7 Å². The lowest BCUT2D eigenvalue weighted by Gasteiger charge is -2.30. The number of halogens is 1. The summed E-state index contributed by atoms with van der Waals surface area (Å²) in [5.74, 6) is 0.755. The molecule has 0 aliphatic carbocycles. The molecule has 0 unspecified atom stereocenters. The van der Waals surface area contributed by atoms with Gasteiger partial charge in [-0.05, 0) is 31.9 Å². The average Bonchev–Trinajstić information content (AvgIpc) is 2.96. The molecule has 2 aromatic rings. The molecule has 0 spiro atoms. The molecule has 0 atom stereocenters. The smallest absolute Gasteiger partial charge is 0.191 e. The highest BCUT2D eigenvalue weighted by Gasteiger charge is 2.29. The lowest BCUT2D eigenvalue weighted by molar-refractivity contribution is -0.0565. The largest absolute Gasteiger partial charge is 0.388 e. The Morgan fingerprint density at radius 1 is 1.26 bits per heavy atom. The number of fused-ring (bicyclic) bond motifs is 1. The Morgan fingerprint density at radius 2 is 2.00 bits per heavy atom. The SMILES string of the molecule is CCNC(=NCC1(O)CCOCC1)NCCc1c(C)[nH]c2ccccc12.I. The number of aliphatic imine (C=N–C) groups is 1. The number of nitrogens with one attached hydrogen (secondary N) is 3. The Bertz CT molecular complexity index is 754. The van der Waals surface area contributed by atoms with Crippen molar-refractivity contribution in [3.63, 3.8) is 0 Å². The van der Waals surface area contributed by atoms with Gasteiger partial charge in [0.25, 0.3) is 0 Å². The molecule has 1 aromatic heterocycles. The third-order valence-electron chi connectivity index (χ3n) is 4.99. The lowest BCUT2D eigenvalue weighted by Crippen LogP contribution is -2.43. The summed E-state index contributed by atoms with van der Waals surface area (Å²) in [7, 11) is 0. The van der Waals surface area contributed by atoms with Crippen LogP contribution in [-0.4, -0.2) is 54.5 Å². The first-order chi connectivity index (χ1) is 12.6. The maximum Gasteiger partial charge on any atom is 0.191 e. The minimum atomic E-state index is -0.742. The van der Waals surface area contributed by atoms with E-state index in [-0.39, 0.29) is 24.0 Å². The van der Waals surface area contributed by atoms with E-state index in [2.05, 4.69) is 51.8 Å². The third kappa shape index (κ3) is 5.83. The Balaban J connectivity index is 0.00000261. The number of hydrogen-bond donors (Lipinski definition) is 4. The van der Waals surface area contributed by atoms with E-state index in [0.29, 0.717) is 32.6 Å². The summed E-state index contributed by atoms with van der Waals surface area (Å²) in [5, 5.41) is 18.5. The standard InChI is InChI=1S/C20H30N4O2.HI/c1-3-21-19(23-14-20(25)9-12-26-13-10-20)22-11-8-16-15(2)24-18-7-5-4-6-17(16)18;/h4-7,24-25H,3,8-14H2,1-2H3,(H2,21,22,23);1H. The van der Waals surface area contributed by atoms with Crippen LogP contribution in [0.4, 0.5) is 0 Å². The molecule has 2 heterocycles. The van der Waals surface area contributed by atoms with Crippen LogP contribution >= 0.6 is 24.0 Å². The van der Waals surface area contributed by atoms with Gasteiger partial charge in [0.15, 0.2) is 5.96 Å². The van der Waals surface area contributed by atoms with Crippen LogP contribution in [-0.2, 0) is 11.2 Å². The lowest BCUT2D eigenvalue weighted by atomic mass is 9.95. The van der Waals surface area contributed by atoms with Crippen molar-refractivity contribution in [2.24, 2.45) is 4.99 Å². The summed E-state index contributed by atoms with van der Waals surface area (Å²) in [6.07, 6.45) is 2.20. The Hall–Kier alpha value is -1.32. The van der Waals surface area contributed by atoms with Gasteiger partial charge in [-0.3, -0.25) is 4.99 Å². The molecule has 1 aliphatic heterocycles. The van der Waals surface area contributed by atoms with Crippen LogP contribution in [0, 0.1) is 6.92 Å². The number of para-hydroxylation sites is 1. The Kier molecular flexibility index (Phi) is 8.37. The molecule has 0 bridgehead atoms. The number of aromatic amines is 1. The summed E-state index contributed by atoms with van der Waals surface area (Å²) in [6.45, 7) is 7.36. The Labute approximate surface area is 178 Å². The number of nitrogens with zero attached hydrogens (tertiary/aromatic N) is 1. The number of ether oxygens (including phenoxy) is 1. The van der Waals surface area contributed by atoms with Crippen molar-refractivity contribution in [3.8, 4) is 0 Å². The van der Waals surface area contributed by atoms with E-state index < -0.39 is 5.60 Å². The van der Waals surface area contributed by atoms with Crippen LogP contribution in [0.15, 0.2) is 29.3 Å². The van der Waals surface area contributed by atoms with E-state index in [0.717, 1.165) is 25.5 Å². The van der Waals surface area contributed by atoms with Crippen molar-refractivity contribution in [3.05, 3.63) is 35.5 Å². The second-order valence-corrected chi connectivity index (χ2v) is 6.98. The predicted molar refractivity (Wildman–Crippen MR) is 121 cm³/mol. The normalized spacial score (nSPS) is 16.8. The summed E-state index contributed by atoms with van der Waals surface area (Å²) >= 11 is 0. The molecule has 7 heteroatoms. The summed E-state index contributed by atoms with van der Waals surface area (Å²) in [6, 6.07) is 8.40. The number of aromatic nitrogens is 1. The van der Waals surface area contributed by atoms with E-state index in [1.54, 1.807) is 0 Å². The summed E-state index contributed by atoms with van der Waals surface area (Å²) in [5.41, 5.74) is 2.99. The topological polar surface area (TPSA) is 81.7 Å². The predicted octanol–water partition coefficient (Wildman–Crippen LogP) is 2.73. The summed E-state index contributed by atoms with van der Waals surface area (Å²) in [4.78, 5) is 8.04. The number of hydrogen-bond acceptors (Lipinski definition) is 3. The van der Waals surface area contributed by atoms with Crippen LogP contribution in [0.25, 0.3) is 10.9 Å². The molecule has 1 aromatic carbocycles. The number of rotatable bonds is 6. The molecule has 0 amide bonds. The van der Waals surface area contributed by atoms with Crippen molar-refractivity contribution >= 4 is 40.8 Å². The molecule has 4 N–H and O–H groups in total. The zero-order chi connectivity index (χ0) is 18.4. The number of guanidine groups is 1. The maximum absolute atomic E-state index is 10.6. The van der Waals surface area contributed by atoms with Gasteiger partial charge in [-0.15, -0.1) is 24.0 Å². The second-order valence-electron chi connectivity index (χ2n) is 6.98. The van der Waals surface area contributed by atoms with Crippen LogP contribution < -0.4 is 10.6 Å². The maximum atomic E-state index is 10.6. The minimum absolute atomic E-state index is 0. The molecule has 150 valence electrons. The van der Waals surface area contributed by atoms with E-state index in [4.69, 9.17) is 4.74 Å². The van der Waals surface area contributed by atoms with Gasteiger partial charge in [-0.1, -0.05) is 18.2 Å². The monoisotopic (exact) mass is 486 g/mol. The first kappa shape index (κ1) is 22.0. The second kappa shape index (κ2) is 10.3. The molecule has 1 saturated heterocycles. The molecule has 27 heavy (non-hydrogen) atoms. The van der Waals surface area contributed by atoms with Gasteiger partial charge in [-0.25, -0.2) is 0 Å². The molecule has 0 saturated carbocycles. The van der Waals surface area contributed by atoms with Gasteiger partial charge >= 0.3 is 0 Å². The van der Waals surface area contributed by atoms with Gasteiger partial charge in [0.05, 0.1) is 12.1 Å². The molecular formula is C20H31IN4O2. The van der Waals surface area contributed by atoms with Crippen LogP contribution in [0.2, 0.25) is 0 Å². The van der Waals surface area contributed by atoms with Gasteiger partial charge in [0.1, 0.15) is 0 Å². The van der Waals surface area contributed by atoms with Crippen molar-refractivity contribution in [2.75, 3.05) is 32.8 Å². The van der Waals surface area contributed by atoms with Crippen LogP contribution in [0.5, 0.6) is 0 Å². The number of aliphatic hydroxyl groups is 1. The zero-order valence-electron chi connectivity index (χ0n) is 16.2. The first-order valence-electron chi connectivity index (χ1n) is 9.50. The molecule has 1 aliphatic rings. The molecule has 1 fully saturated rings. The van der Waals surface area contributed by atoms with Crippen molar-refractivity contribution in [1.29, 1.82) is 0 Å². The average molecular weight is 486 g/mol. The third-order valence-corrected chi connectivity index (χ3v) is 4.99. The van der Waals surface area contributed by atoms with E-state index in [9.17, 15) is 5.11 Å². The van der Waals surface area contributed by atoms with Crippen LogP contribution in [0.1, 0.15) is 31.0 Å². The highest BCUT2D eigenvalue weighted by molar-refractivity contribution is 14.0. The number of H-pyrrole nitrogens is 1. The fourth-order valence-corrected chi connectivity index (χ4v) is 3.44. The molecular weight excluding hydrogens is 455 g/mol. The van der Waals surface area contributed by atoms with Crippen LogP contribution in [0.3, 0.4) is 0 Å². The van der Waals surface area contributed by atoms with Crippen molar-refractivity contribution < 1.29 is 9.84 Å². The Morgan fingerprint density at radius 3 is 2.74 bits per heavy atom.